The highest BCUT2D eigenvalue weighted by atomic mass is 32.2. The molecule has 0 saturated heterocycles. The van der Waals surface area contributed by atoms with Gasteiger partial charge in [-0.3, -0.25) is 30.0 Å². The predicted octanol–water partition coefficient (Wildman–Crippen LogP) is 1.00. The molecular formula is C22H23N5O5S. The molecule has 1 heterocycles. The normalized spacial score (nSPS) is 11.4. The topological polar surface area (TPSA) is 142 Å². The average molecular weight is 470 g/mol. The van der Waals surface area contributed by atoms with Crippen LogP contribution >= 0.6 is 11.8 Å². The number of H-pyrrole nitrogens is 1. The molecule has 11 heteroatoms. The molecule has 1 aromatic heterocycles. The van der Waals surface area contributed by atoms with E-state index in [1.807, 2.05) is 12.3 Å². The Labute approximate surface area is 193 Å². The van der Waals surface area contributed by atoms with Gasteiger partial charge in [-0.1, -0.05) is 36.4 Å². The molecule has 10 nitrogen and oxygen atoms in total. The SMILES string of the molecule is CSCC[C@H](NC(=O)COc1ccccc1)C(=O)NNC(=O)c1n[nH]c(=O)c2ccccc12. The monoisotopic (exact) mass is 469 g/mol. The number of aromatic nitrogens is 2. The van der Waals surface area contributed by atoms with E-state index in [9.17, 15) is 19.2 Å². The largest absolute Gasteiger partial charge is 0.484 e. The lowest BCUT2D eigenvalue weighted by atomic mass is 10.1. The number of hydrogen-bond donors (Lipinski definition) is 4. The van der Waals surface area contributed by atoms with E-state index in [1.165, 1.54) is 11.8 Å². The second kappa shape index (κ2) is 11.7. The Bertz CT molecular complexity index is 1180. The molecule has 33 heavy (non-hydrogen) atoms. The smallest absolute Gasteiger partial charge is 0.290 e. The van der Waals surface area contributed by atoms with Crippen molar-refractivity contribution < 1.29 is 19.1 Å². The molecule has 3 rings (SSSR count). The summed E-state index contributed by atoms with van der Waals surface area (Å²) in [4.78, 5) is 49.4. The van der Waals surface area contributed by atoms with Crippen molar-refractivity contribution in [3.63, 3.8) is 0 Å². The van der Waals surface area contributed by atoms with Crippen molar-refractivity contribution >= 4 is 40.3 Å². The first kappa shape index (κ1) is 23.8. The second-order valence-corrected chi connectivity index (χ2v) is 7.88. The number of hydrazine groups is 1. The van der Waals surface area contributed by atoms with Crippen LogP contribution < -0.4 is 26.5 Å². The molecule has 0 spiro atoms. The van der Waals surface area contributed by atoms with E-state index in [1.54, 1.807) is 48.5 Å². The van der Waals surface area contributed by atoms with E-state index in [2.05, 4.69) is 26.4 Å². The van der Waals surface area contributed by atoms with Gasteiger partial charge in [-0.05, 0) is 36.6 Å². The van der Waals surface area contributed by atoms with Crippen molar-refractivity contribution in [1.82, 2.24) is 26.4 Å². The van der Waals surface area contributed by atoms with Crippen molar-refractivity contribution in [3.05, 3.63) is 70.6 Å². The van der Waals surface area contributed by atoms with Gasteiger partial charge in [0.25, 0.3) is 23.3 Å². The summed E-state index contributed by atoms with van der Waals surface area (Å²) in [5, 5.41) is 9.32. The van der Waals surface area contributed by atoms with Crippen LogP contribution in [0.1, 0.15) is 16.9 Å². The van der Waals surface area contributed by atoms with Crippen LogP contribution in [0.4, 0.5) is 0 Å². The highest BCUT2D eigenvalue weighted by Gasteiger charge is 2.22. The first-order valence-electron chi connectivity index (χ1n) is 10.0. The molecule has 2 aromatic carbocycles. The van der Waals surface area contributed by atoms with E-state index in [0.29, 0.717) is 28.7 Å². The van der Waals surface area contributed by atoms with Gasteiger partial charge in [0.15, 0.2) is 12.3 Å². The van der Waals surface area contributed by atoms with Crippen LogP contribution in [0.15, 0.2) is 59.4 Å². The quantitative estimate of drug-likeness (QED) is 0.343. The Morgan fingerprint density at radius 3 is 2.45 bits per heavy atom. The number of para-hydroxylation sites is 1. The lowest BCUT2D eigenvalue weighted by Gasteiger charge is -2.18. The predicted molar refractivity (Wildman–Crippen MR) is 125 cm³/mol. The van der Waals surface area contributed by atoms with Crippen molar-refractivity contribution in [2.75, 3.05) is 18.6 Å². The second-order valence-electron chi connectivity index (χ2n) is 6.89. The van der Waals surface area contributed by atoms with E-state index in [-0.39, 0.29) is 12.3 Å². The Kier molecular flexibility index (Phi) is 8.42. The standard InChI is InChI=1S/C22H23N5O5S/c1-33-12-11-17(23-18(28)13-32-14-7-3-2-4-8-14)21(30)26-27-22(31)19-15-9-5-6-10-16(15)20(29)25-24-19/h2-10,17H,11-13H2,1H3,(H,23,28)(H,25,29)(H,26,30)(H,27,31)/t17-/m0/s1. The van der Waals surface area contributed by atoms with Crippen LogP contribution in [-0.2, 0) is 9.59 Å². The van der Waals surface area contributed by atoms with Crippen molar-refractivity contribution in [2.45, 2.75) is 12.5 Å². The molecule has 3 aromatic rings. The summed E-state index contributed by atoms with van der Waals surface area (Å²) in [6.07, 6.45) is 2.23. The van der Waals surface area contributed by atoms with Gasteiger partial charge >= 0.3 is 0 Å². The summed E-state index contributed by atoms with van der Waals surface area (Å²) < 4.78 is 5.40. The fourth-order valence-corrected chi connectivity index (χ4v) is 3.43. The molecule has 4 N–H and O–H groups in total. The number of carbonyl (C=O) groups is 3. The van der Waals surface area contributed by atoms with Gasteiger partial charge in [0.05, 0.1) is 5.39 Å². The first-order chi connectivity index (χ1) is 16.0. The molecule has 0 saturated carbocycles. The zero-order chi connectivity index (χ0) is 23.6. The summed E-state index contributed by atoms with van der Waals surface area (Å²) >= 11 is 1.52. The van der Waals surface area contributed by atoms with Crippen molar-refractivity contribution in [1.29, 1.82) is 0 Å². The number of aromatic amines is 1. The van der Waals surface area contributed by atoms with E-state index < -0.39 is 29.3 Å². The van der Waals surface area contributed by atoms with Gasteiger partial charge in [-0.2, -0.15) is 16.9 Å². The highest BCUT2D eigenvalue weighted by molar-refractivity contribution is 7.98. The van der Waals surface area contributed by atoms with E-state index in [4.69, 9.17) is 4.74 Å². The first-order valence-corrected chi connectivity index (χ1v) is 11.4. The zero-order valence-electron chi connectivity index (χ0n) is 17.8. The molecular weight excluding hydrogens is 446 g/mol. The molecule has 0 aliphatic rings. The number of carbonyl (C=O) groups excluding carboxylic acids is 3. The highest BCUT2D eigenvalue weighted by Crippen LogP contribution is 2.12. The summed E-state index contributed by atoms with van der Waals surface area (Å²) in [6, 6.07) is 14.4. The number of fused-ring (bicyclic) bond motifs is 1. The summed E-state index contributed by atoms with van der Waals surface area (Å²) in [5.41, 5.74) is 4.12. The summed E-state index contributed by atoms with van der Waals surface area (Å²) in [5.74, 6) is -0.638. The maximum Gasteiger partial charge on any atom is 0.290 e. The lowest BCUT2D eigenvalue weighted by molar-refractivity contribution is -0.130. The number of nitrogens with one attached hydrogen (secondary N) is 4. The Hall–Kier alpha value is -3.86. The van der Waals surface area contributed by atoms with Crippen LogP contribution in [0, 0.1) is 0 Å². The van der Waals surface area contributed by atoms with Gasteiger partial charge in [-0.25, -0.2) is 5.10 Å². The van der Waals surface area contributed by atoms with E-state index >= 15 is 0 Å². The third-order valence-electron chi connectivity index (χ3n) is 4.59. The fourth-order valence-electron chi connectivity index (χ4n) is 2.96. The molecule has 0 unspecified atom stereocenters. The fraction of sp³-hybridized carbons (Fsp3) is 0.227. The molecule has 172 valence electrons. The number of amides is 3. The van der Waals surface area contributed by atoms with Gasteiger partial charge in [-0.15, -0.1) is 0 Å². The van der Waals surface area contributed by atoms with Gasteiger partial charge in [0, 0.05) is 5.39 Å². The van der Waals surface area contributed by atoms with Crippen LogP contribution in [0.2, 0.25) is 0 Å². The molecule has 0 aliphatic carbocycles. The minimum Gasteiger partial charge on any atom is -0.484 e. The summed E-state index contributed by atoms with van der Waals surface area (Å²) in [7, 11) is 0. The van der Waals surface area contributed by atoms with Crippen molar-refractivity contribution in [2.24, 2.45) is 0 Å². The minimum atomic E-state index is -0.884. The van der Waals surface area contributed by atoms with Crippen LogP contribution in [0.5, 0.6) is 5.75 Å². The maximum atomic E-state index is 12.6. The Morgan fingerprint density at radius 1 is 1.03 bits per heavy atom. The molecule has 0 radical (unpaired) electrons. The number of hydrogen-bond acceptors (Lipinski definition) is 7. The van der Waals surface area contributed by atoms with E-state index in [0.717, 1.165) is 0 Å². The molecule has 0 aliphatic heterocycles. The van der Waals surface area contributed by atoms with Crippen LogP contribution in [0.3, 0.4) is 0 Å². The molecule has 0 bridgehead atoms. The van der Waals surface area contributed by atoms with Crippen LogP contribution in [0.25, 0.3) is 10.8 Å². The lowest BCUT2D eigenvalue weighted by Crippen LogP contribution is -2.53. The number of thioether (sulfide) groups is 1. The van der Waals surface area contributed by atoms with Gasteiger partial charge in [0.2, 0.25) is 0 Å². The number of ether oxygens (including phenoxy) is 1. The minimum absolute atomic E-state index is 0.0496. The maximum absolute atomic E-state index is 12.6. The Morgan fingerprint density at radius 2 is 1.73 bits per heavy atom. The number of nitrogens with zero attached hydrogens (tertiary/aromatic N) is 1. The third kappa shape index (κ3) is 6.56. The van der Waals surface area contributed by atoms with Gasteiger partial charge in [0.1, 0.15) is 11.8 Å². The van der Waals surface area contributed by atoms with Gasteiger partial charge < -0.3 is 10.1 Å². The van der Waals surface area contributed by atoms with Crippen molar-refractivity contribution in [3.8, 4) is 5.75 Å². The average Bonchev–Trinajstić information content (AvgIpc) is 2.84. The molecule has 1 atom stereocenters. The molecule has 0 fully saturated rings. The Balaban J connectivity index is 1.60. The van der Waals surface area contributed by atoms with Crippen LogP contribution in [-0.4, -0.2) is 52.6 Å². The number of benzene rings is 2. The third-order valence-corrected chi connectivity index (χ3v) is 5.23. The molecule has 3 amide bonds. The summed E-state index contributed by atoms with van der Waals surface area (Å²) in [6.45, 7) is -0.257. The zero-order valence-corrected chi connectivity index (χ0v) is 18.6. The number of rotatable bonds is 9.